The molecule has 0 unspecified atom stereocenters. The highest BCUT2D eigenvalue weighted by Gasteiger charge is 2.23. The van der Waals surface area contributed by atoms with Crippen LogP contribution in [0.15, 0.2) is 6.07 Å². The van der Waals surface area contributed by atoms with Crippen LogP contribution in [0.5, 0.6) is 5.75 Å². The van der Waals surface area contributed by atoms with Gasteiger partial charge in [-0.15, -0.1) is 11.3 Å². The molecule has 0 radical (unpaired) electrons. The molecule has 1 aromatic rings. The number of rotatable bonds is 8. The minimum atomic E-state index is -0.977. The van der Waals surface area contributed by atoms with E-state index < -0.39 is 5.97 Å². The van der Waals surface area contributed by atoms with Crippen LogP contribution in [0, 0.1) is 0 Å². The smallest absolute Gasteiger partial charge is 0.349 e. The summed E-state index contributed by atoms with van der Waals surface area (Å²) in [5.74, 6) is -0.631. The minimum Gasteiger partial charge on any atom is -0.491 e. The Morgan fingerprint density at radius 2 is 2.25 bits per heavy atom. The third-order valence-electron chi connectivity index (χ3n) is 2.97. The molecule has 0 spiro atoms. The van der Waals surface area contributed by atoms with E-state index in [2.05, 4.69) is 5.32 Å². The molecule has 1 fully saturated rings. The maximum absolute atomic E-state index is 11.5. The van der Waals surface area contributed by atoms with Gasteiger partial charge in [0, 0.05) is 10.9 Å². The zero-order valence-electron chi connectivity index (χ0n) is 11.5. The first kappa shape index (κ1) is 14.8. The first-order valence-electron chi connectivity index (χ1n) is 6.88. The second-order valence-electron chi connectivity index (χ2n) is 4.90. The number of aromatic carboxylic acids is 1. The van der Waals surface area contributed by atoms with Crippen molar-refractivity contribution in [3.05, 3.63) is 15.8 Å². The van der Waals surface area contributed by atoms with Crippen molar-refractivity contribution in [3.8, 4) is 5.75 Å². The number of carbonyl (C=O) groups is 2. The van der Waals surface area contributed by atoms with Gasteiger partial charge in [-0.2, -0.15) is 0 Å². The Bertz CT molecular complexity index is 493. The van der Waals surface area contributed by atoms with Crippen LogP contribution in [-0.2, 0) is 11.2 Å². The summed E-state index contributed by atoms with van der Waals surface area (Å²) in [6.07, 6.45) is 4.18. The lowest BCUT2D eigenvalue weighted by Crippen LogP contribution is -2.26. The molecule has 1 saturated carbocycles. The lowest BCUT2D eigenvalue weighted by molar-refractivity contribution is -0.121. The van der Waals surface area contributed by atoms with Crippen molar-refractivity contribution in [3.63, 3.8) is 0 Å². The molecule has 0 saturated heterocycles. The second-order valence-corrected chi connectivity index (χ2v) is 6.04. The third kappa shape index (κ3) is 4.23. The summed E-state index contributed by atoms with van der Waals surface area (Å²) in [5.41, 5.74) is 0. The number of carboxylic acids is 1. The van der Waals surface area contributed by atoms with Gasteiger partial charge in [0.1, 0.15) is 5.75 Å². The highest BCUT2D eigenvalue weighted by molar-refractivity contribution is 7.14. The van der Waals surface area contributed by atoms with Crippen LogP contribution >= 0.6 is 11.3 Å². The Balaban J connectivity index is 1.86. The van der Waals surface area contributed by atoms with Gasteiger partial charge in [0.15, 0.2) is 4.88 Å². The summed E-state index contributed by atoms with van der Waals surface area (Å²) in [6.45, 7) is 2.25. The van der Waals surface area contributed by atoms with Gasteiger partial charge in [-0.3, -0.25) is 4.79 Å². The van der Waals surface area contributed by atoms with Crippen LogP contribution < -0.4 is 10.1 Å². The summed E-state index contributed by atoms with van der Waals surface area (Å²) < 4.78 is 5.47. The molecular formula is C14H19NO4S. The lowest BCUT2D eigenvalue weighted by atomic mass is 10.3. The summed E-state index contributed by atoms with van der Waals surface area (Å²) in [5, 5.41) is 12.0. The van der Waals surface area contributed by atoms with E-state index >= 15 is 0 Å². The SMILES string of the molecule is CCCc1cc(OCCC(=O)NC2CC2)c(C(=O)O)s1. The maximum atomic E-state index is 11.5. The summed E-state index contributed by atoms with van der Waals surface area (Å²) in [6, 6.07) is 2.12. The number of aryl methyl sites for hydroxylation is 1. The van der Waals surface area contributed by atoms with Crippen LogP contribution in [0.1, 0.15) is 47.2 Å². The number of hydrogen-bond acceptors (Lipinski definition) is 4. The normalized spacial score (nSPS) is 14.1. The van der Waals surface area contributed by atoms with Gasteiger partial charge in [0.2, 0.25) is 5.91 Å². The molecule has 1 aliphatic carbocycles. The van der Waals surface area contributed by atoms with Gasteiger partial charge in [0.05, 0.1) is 13.0 Å². The first-order valence-corrected chi connectivity index (χ1v) is 7.70. The van der Waals surface area contributed by atoms with Crippen LogP contribution in [0.3, 0.4) is 0 Å². The van der Waals surface area contributed by atoms with Crippen molar-refractivity contribution in [1.29, 1.82) is 0 Å². The fourth-order valence-corrected chi connectivity index (χ4v) is 2.87. The minimum absolute atomic E-state index is 0.0339. The van der Waals surface area contributed by atoms with E-state index in [9.17, 15) is 9.59 Å². The third-order valence-corrected chi connectivity index (χ3v) is 4.13. The Kier molecular flexibility index (Phi) is 5.00. The molecule has 1 aliphatic rings. The van der Waals surface area contributed by atoms with Crippen LogP contribution in [0.4, 0.5) is 0 Å². The summed E-state index contributed by atoms with van der Waals surface area (Å²) in [4.78, 5) is 23.9. The highest BCUT2D eigenvalue weighted by Crippen LogP contribution is 2.30. The molecule has 1 aromatic heterocycles. The van der Waals surface area contributed by atoms with Crippen molar-refractivity contribution in [2.75, 3.05) is 6.61 Å². The lowest BCUT2D eigenvalue weighted by Gasteiger charge is -2.05. The predicted molar refractivity (Wildman–Crippen MR) is 76.6 cm³/mol. The van der Waals surface area contributed by atoms with Gasteiger partial charge in [-0.05, 0) is 25.3 Å². The van der Waals surface area contributed by atoms with Crippen LogP contribution in [0.2, 0.25) is 0 Å². The molecule has 6 heteroatoms. The molecule has 1 heterocycles. The van der Waals surface area contributed by atoms with Crippen molar-refractivity contribution in [1.82, 2.24) is 5.32 Å². The van der Waals surface area contributed by atoms with Crippen molar-refractivity contribution >= 4 is 23.2 Å². The fourth-order valence-electron chi connectivity index (χ4n) is 1.83. The predicted octanol–water partition coefficient (Wildman–Crippen LogP) is 2.45. The first-order chi connectivity index (χ1) is 9.60. The Morgan fingerprint density at radius 1 is 1.50 bits per heavy atom. The maximum Gasteiger partial charge on any atom is 0.349 e. The van der Waals surface area contributed by atoms with Crippen molar-refractivity contribution in [2.24, 2.45) is 0 Å². The second kappa shape index (κ2) is 6.74. The Labute approximate surface area is 121 Å². The summed E-state index contributed by atoms with van der Waals surface area (Å²) in [7, 11) is 0. The average Bonchev–Trinajstić information content (AvgIpc) is 3.09. The van der Waals surface area contributed by atoms with E-state index in [0.29, 0.717) is 11.8 Å². The van der Waals surface area contributed by atoms with E-state index in [1.165, 1.54) is 11.3 Å². The van der Waals surface area contributed by atoms with Crippen LogP contribution in [0.25, 0.3) is 0 Å². The number of carboxylic acid groups (broad SMARTS) is 1. The van der Waals surface area contributed by atoms with Gasteiger partial charge in [-0.1, -0.05) is 13.3 Å². The van der Waals surface area contributed by atoms with Gasteiger partial charge >= 0.3 is 5.97 Å². The van der Waals surface area contributed by atoms with Gasteiger partial charge in [-0.25, -0.2) is 4.79 Å². The zero-order chi connectivity index (χ0) is 14.5. The standard InChI is InChI=1S/C14H19NO4S/c1-2-3-10-8-11(13(20-10)14(17)18)19-7-6-12(16)15-9-4-5-9/h8-9H,2-7H2,1H3,(H,15,16)(H,17,18). The van der Waals surface area contributed by atoms with Crippen molar-refractivity contribution < 1.29 is 19.4 Å². The van der Waals surface area contributed by atoms with Crippen molar-refractivity contribution in [2.45, 2.75) is 45.1 Å². The average molecular weight is 297 g/mol. The Morgan fingerprint density at radius 3 is 2.85 bits per heavy atom. The van der Waals surface area contributed by atoms with E-state index in [0.717, 1.165) is 30.6 Å². The quantitative estimate of drug-likeness (QED) is 0.773. The Hall–Kier alpha value is -1.56. The monoisotopic (exact) mass is 297 g/mol. The highest BCUT2D eigenvalue weighted by atomic mass is 32.1. The largest absolute Gasteiger partial charge is 0.491 e. The van der Waals surface area contributed by atoms with Crippen LogP contribution in [-0.4, -0.2) is 29.6 Å². The van der Waals surface area contributed by atoms with E-state index in [1.807, 2.05) is 6.92 Å². The molecule has 2 rings (SSSR count). The number of ether oxygens (including phenoxy) is 1. The molecule has 20 heavy (non-hydrogen) atoms. The number of thiophene rings is 1. The zero-order valence-corrected chi connectivity index (χ0v) is 12.3. The molecule has 0 atom stereocenters. The number of amides is 1. The molecule has 0 bridgehead atoms. The topological polar surface area (TPSA) is 75.6 Å². The molecule has 2 N–H and O–H groups in total. The fraction of sp³-hybridized carbons (Fsp3) is 0.571. The molecule has 0 aliphatic heterocycles. The number of hydrogen-bond donors (Lipinski definition) is 2. The van der Waals surface area contributed by atoms with E-state index in [1.54, 1.807) is 6.07 Å². The number of carbonyl (C=O) groups excluding carboxylic acids is 1. The molecule has 0 aromatic carbocycles. The number of nitrogens with one attached hydrogen (secondary N) is 1. The van der Waals surface area contributed by atoms with E-state index in [4.69, 9.17) is 9.84 Å². The molecular weight excluding hydrogens is 278 g/mol. The van der Waals surface area contributed by atoms with Gasteiger partial charge in [0.25, 0.3) is 0 Å². The van der Waals surface area contributed by atoms with Gasteiger partial charge < -0.3 is 15.2 Å². The molecule has 110 valence electrons. The molecule has 1 amide bonds. The van der Waals surface area contributed by atoms with E-state index in [-0.39, 0.29) is 23.8 Å². The summed E-state index contributed by atoms with van der Waals surface area (Å²) >= 11 is 1.25. The molecule has 5 nitrogen and oxygen atoms in total.